The third kappa shape index (κ3) is 2.54. The van der Waals surface area contributed by atoms with E-state index in [1.807, 2.05) is 19.2 Å². The fourth-order valence-corrected chi connectivity index (χ4v) is 1.87. The number of hydrogen-bond acceptors (Lipinski definition) is 3. The summed E-state index contributed by atoms with van der Waals surface area (Å²) in [6.07, 6.45) is 0. The third-order valence-corrected chi connectivity index (χ3v) is 2.73. The summed E-state index contributed by atoms with van der Waals surface area (Å²) in [6.45, 7) is 4.07. The first-order valence-electron chi connectivity index (χ1n) is 3.98. The number of carbonyl (C=O) groups excluding carboxylic acids is 1. The van der Waals surface area contributed by atoms with Gasteiger partial charge in [-0.2, -0.15) is 0 Å². The largest absolute Gasteiger partial charge is 0.375 e. The number of ether oxygens (including phenoxy) is 1. The normalized spacial score (nSPS) is 10.1. The second-order valence-corrected chi connectivity index (χ2v) is 3.91. The third-order valence-electron chi connectivity index (χ3n) is 1.70. The van der Waals surface area contributed by atoms with Crippen LogP contribution in [0.3, 0.4) is 0 Å². The zero-order valence-electron chi connectivity index (χ0n) is 8.01. The van der Waals surface area contributed by atoms with E-state index in [1.54, 1.807) is 11.3 Å². The van der Waals surface area contributed by atoms with Gasteiger partial charge in [0.2, 0.25) is 5.91 Å². The summed E-state index contributed by atoms with van der Waals surface area (Å²) in [4.78, 5) is 12.3. The number of thiophene rings is 1. The highest BCUT2D eigenvalue weighted by Crippen LogP contribution is 2.26. The topological polar surface area (TPSA) is 38.3 Å². The molecule has 0 aliphatic heterocycles. The van der Waals surface area contributed by atoms with Crippen LogP contribution in [0, 0.1) is 13.8 Å². The van der Waals surface area contributed by atoms with Crippen LogP contribution in [-0.4, -0.2) is 19.6 Å². The van der Waals surface area contributed by atoms with Crippen molar-refractivity contribution in [3.63, 3.8) is 0 Å². The molecule has 1 N–H and O–H groups in total. The number of nitrogens with one attached hydrogen (secondary N) is 1. The van der Waals surface area contributed by atoms with Gasteiger partial charge in [-0.3, -0.25) is 4.79 Å². The molecule has 13 heavy (non-hydrogen) atoms. The van der Waals surface area contributed by atoms with Crippen LogP contribution in [0.15, 0.2) is 5.38 Å². The second kappa shape index (κ2) is 4.39. The highest BCUT2D eigenvalue weighted by Gasteiger charge is 2.07. The van der Waals surface area contributed by atoms with Gasteiger partial charge in [0.1, 0.15) is 6.61 Å². The average molecular weight is 199 g/mol. The Kier molecular flexibility index (Phi) is 3.45. The molecule has 0 saturated heterocycles. The van der Waals surface area contributed by atoms with Crippen molar-refractivity contribution >= 4 is 22.9 Å². The van der Waals surface area contributed by atoms with Crippen LogP contribution in [0.4, 0.5) is 5.69 Å². The molecular formula is C9H13NO2S. The van der Waals surface area contributed by atoms with Gasteiger partial charge in [-0.1, -0.05) is 0 Å². The molecular weight excluding hydrogens is 186 g/mol. The van der Waals surface area contributed by atoms with Crippen molar-refractivity contribution in [1.29, 1.82) is 0 Å². The fraction of sp³-hybridized carbons (Fsp3) is 0.444. The molecule has 0 fully saturated rings. The minimum absolute atomic E-state index is 0.105. The number of aryl methyl sites for hydroxylation is 2. The van der Waals surface area contributed by atoms with E-state index < -0.39 is 0 Å². The average Bonchev–Trinajstić information content (AvgIpc) is 2.36. The smallest absolute Gasteiger partial charge is 0.250 e. The van der Waals surface area contributed by atoms with Gasteiger partial charge in [0.25, 0.3) is 0 Å². The van der Waals surface area contributed by atoms with Crippen molar-refractivity contribution in [1.82, 2.24) is 0 Å². The highest BCUT2D eigenvalue weighted by molar-refractivity contribution is 7.10. The molecule has 0 spiro atoms. The predicted molar refractivity (Wildman–Crippen MR) is 54.3 cm³/mol. The van der Waals surface area contributed by atoms with E-state index in [1.165, 1.54) is 7.11 Å². The summed E-state index contributed by atoms with van der Waals surface area (Å²) >= 11 is 1.64. The van der Waals surface area contributed by atoms with Gasteiger partial charge in [-0.25, -0.2) is 0 Å². The SMILES string of the molecule is COCC(=O)Nc1c(C)csc1C. The van der Waals surface area contributed by atoms with Crippen LogP contribution in [0.2, 0.25) is 0 Å². The van der Waals surface area contributed by atoms with Crippen LogP contribution in [0.25, 0.3) is 0 Å². The van der Waals surface area contributed by atoms with E-state index in [0.717, 1.165) is 16.1 Å². The molecule has 1 aromatic rings. The zero-order chi connectivity index (χ0) is 9.84. The molecule has 0 radical (unpaired) electrons. The Labute approximate surface area is 81.7 Å². The van der Waals surface area contributed by atoms with Crippen LogP contribution in [0.5, 0.6) is 0 Å². The zero-order valence-corrected chi connectivity index (χ0v) is 8.83. The molecule has 0 aromatic carbocycles. The molecule has 1 rings (SSSR count). The molecule has 1 aromatic heterocycles. The van der Waals surface area contributed by atoms with Gasteiger partial charge in [0, 0.05) is 12.0 Å². The van der Waals surface area contributed by atoms with Crippen molar-refractivity contribution < 1.29 is 9.53 Å². The van der Waals surface area contributed by atoms with Crippen molar-refractivity contribution in [3.8, 4) is 0 Å². The Bertz CT molecular complexity index is 287. The molecule has 1 amide bonds. The number of carbonyl (C=O) groups is 1. The maximum absolute atomic E-state index is 11.2. The fourth-order valence-electron chi connectivity index (χ4n) is 1.07. The van der Waals surface area contributed by atoms with Gasteiger partial charge in [-0.05, 0) is 24.8 Å². The first-order valence-corrected chi connectivity index (χ1v) is 4.86. The Morgan fingerprint density at radius 1 is 1.62 bits per heavy atom. The van der Waals surface area contributed by atoms with Gasteiger partial charge < -0.3 is 10.1 Å². The lowest BCUT2D eigenvalue weighted by Crippen LogP contribution is -2.17. The lowest BCUT2D eigenvalue weighted by Gasteiger charge is -2.04. The molecule has 0 saturated carbocycles. The molecule has 0 unspecified atom stereocenters. The molecule has 4 heteroatoms. The number of anilines is 1. The molecule has 0 aliphatic rings. The summed E-state index contributed by atoms with van der Waals surface area (Å²) in [5.74, 6) is -0.105. The van der Waals surface area contributed by atoms with E-state index in [2.05, 4.69) is 5.32 Å². The predicted octanol–water partition coefficient (Wildman–Crippen LogP) is 1.95. The standard InChI is InChI=1S/C9H13NO2S/c1-6-5-13-7(2)9(6)10-8(11)4-12-3/h5H,4H2,1-3H3,(H,10,11). The second-order valence-electron chi connectivity index (χ2n) is 2.83. The Morgan fingerprint density at radius 3 is 2.77 bits per heavy atom. The summed E-state index contributed by atoms with van der Waals surface area (Å²) in [7, 11) is 1.51. The number of amides is 1. The molecule has 0 atom stereocenters. The van der Waals surface area contributed by atoms with Crippen LogP contribution < -0.4 is 5.32 Å². The minimum Gasteiger partial charge on any atom is -0.375 e. The van der Waals surface area contributed by atoms with Crippen LogP contribution in [-0.2, 0) is 9.53 Å². The van der Waals surface area contributed by atoms with Crippen molar-refractivity contribution in [2.45, 2.75) is 13.8 Å². The summed E-state index contributed by atoms with van der Waals surface area (Å²) in [6, 6.07) is 0. The van der Waals surface area contributed by atoms with Gasteiger partial charge in [0.05, 0.1) is 5.69 Å². The molecule has 1 heterocycles. The molecule has 0 bridgehead atoms. The van der Waals surface area contributed by atoms with Crippen LogP contribution in [0.1, 0.15) is 10.4 Å². The van der Waals surface area contributed by atoms with Crippen molar-refractivity contribution in [2.75, 3.05) is 19.0 Å². The minimum atomic E-state index is -0.105. The van der Waals surface area contributed by atoms with E-state index in [9.17, 15) is 4.79 Å². The summed E-state index contributed by atoms with van der Waals surface area (Å²) < 4.78 is 4.72. The van der Waals surface area contributed by atoms with Crippen LogP contribution >= 0.6 is 11.3 Å². The lowest BCUT2D eigenvalue weighted by atomic mass is 10.3. The Hall–Kier alpha value is -0.870. The van der Waals surface area contributed by atoms with E-state index in [4.69, 9.17) is 4.74 Å². The van der Waals surface area contributed by atoms with E-state index >= 15 is 0 Å². The summed E-state index contributed by atoms with van der Waals surface area (Å²) in [5.41, 5.74) is 2.03. The van der Waals surface area contributed by atoms with E-state index in [0.29, 0.717) is 0 Å². The summed E-state index contributed by atoms with van der Waals surface area (Å²) in [5, 5.41) is 4.83. The van der Waals surface area contributed by atoms with Gasteiger partial charge in [-0.15, -0.1) is 11.3 Å². The van der Waals surface area contributed by atoms with Crippen molar-refractivity contribution in [2.24, 2.45) is 0 Å². The van der Waals surface area contributed by atoms with Crippen molar-refractivity contribution in [3.05, 3.63) is 15.8 Å². The van der Waals surface area contributed by atoms with Gasteiger partial charge in [0.15, 0.2) is 0 Å². The molecule has 3 nitrogen and oxygen atoms in total. The molecule has 72 valence electrons. The number of hydrogen-bond donors (Lipinski definition) is 1. The van der Waals surface area contributed by atoms with Gasteiger partial charge >= 0.3 is 0 Å². The number of rotatable bonds is 3. The maximum Gasteiger partial charge on any atom is 0.250 e. The first kappa shape index (κ1) is 10.2. The monoisotopic (exact) mass is 199 g/mol. The first-order chi connectivity index (χ1) is 6.15. The maximum atomic E-state index is 11.2. The Balaban J connectivity index is 2.68. The highest BCUT2D eigenvalue weighted by atomic mass is 32.1. The van der Waals surface area contributed by atoms with E-state index in [-0.39, 0.29) is 12.5 Å². The Morgan fingerprint density at radius 2 is 2.31 bits per heavy atom. The quantitative estimate of drug-likeness (QED) is 0.808. The molecule has 0 aliphatic carbocycles. The lowest BCUT2D eigenvalue weighted by molar-refractivity contribution is -0.119. The number of methoxy groups -OCH3 is 1.